The van der Waals surface area contributed by atoms with E-state index in [0.717, 1.165) is 0 Å². The van der Waals surface area contributed by atoms with E-state index in [0.29, 0.717) is 25.9 Å². The molecule has 1 saturated heterocycles. The lowest BCUT2D eigenvalue weighted by molar-refractivity contribution is -0.129. The van der Waals surface area contributed by atoms with Gasteiger partial charge in [0.25, 0.3) is 0 Å². The molecule has 0 aromatic rings. The van der Waals surface area contributed by atoms with Crippen molar-refractivity contribution in [2.75, 3.05) is 19.6 Å². The van der Waals surface area contributed by atoms with Gasteiger partial charge in [0.15, 0.2) is 0 Å². The maximum absolute atomic E-state index is 12.2. The molecule has 1 rings (SSSR count). The first-order valence-electron chi connectivity index (χ1n) is 5.37. The van der Waals surface area contributed by atoms with E-state index in [1.54, 1.807) is 0 Å². The first-order chi connectivity index (χ1) is 7.43. The molecule has 1 fully saturated rings. The summed E-state index contributed by atoms with van der Waals surface area (Å²) in [6.07, 6.45) is -3.17. The van der Waals surface area contributed by atoms with Gasteiger partial charge in [-0.15, -0.1) is 0 Å². The lowest BCUT2D eigenvalue weighted by Gasteiger charge is -2.39. The van der Waals surface area contributed by atoms with Crippen molar-refractivity contribution in [1.82, 2.24) is 10.6 Å². The third kappa shape index (κ3) is 3.09. The fourth-order valence-electron chi connectivity index (χ4n) is 2.11. The molecule has 0 amide bonds. The summed E-state index contributed by atoms with van der Waals surface area (Å²) in [6, 6.07) is 2.04. The van der Waals surface area contributed by atoms with Crippen molar-refractivity contribution in [3.05, 3.63) is 0 Å². The Morgan fingerprint density at radius 1 is 1.56 bits per heavy atom. The van der Waals surface area contributed by atoms with Crippen molar-refractivity contribution in [3.63, 3.8) is 0 Å². The summed E-state index contributed by atoms with van der Waals surface area (Å²) in [5.74, 6) is -0.0754. The molecule has 2 unspecified atom stereocenters. The molecule has 1 aliphatic rings. The predicted molar refractivity (Wildman–Crippen MR) is 53.7 cm³/mol. The van der Waals surface area contributed by atoms with E-state index in [2.05, 4.69) is 10.6 Å². The predicted octanol–water partition coefficient (Wildman–Crippen LogP) is 1.42. The lowest BCUT2D eigenvalue weighted by atomic mass is 9.78. The number of hydrogen-bond acceptors (Lipinski definition) is 3. The van der Waals surface area contributed by atoms with E-state index >= 15 is 0 Å². The highest BCUT2D eigenvalue weighted by Gasteiger charge is 2.42. The molecule has 0 aliphatic carbocycles. The number of halogens is 3. The van der Waals surface area contributed by atoms with Crippen molar-refractivity contribution in [3.8, 4) is 6.07 Å². The summed E-state index contributed by atoms with van der Waals surface area (Å²) < 4.78 is 36.5. The van der Waals surface area contributed by atoms with Crippen LogP contribution in [0.15, 0.2) is 0 Å². The molecule has 6 heteroatoms. The average Bonchev–Trinajstić information content (AvgIpc) is 2.25. The van der Waals surface area contributed by atoms with Crippen LogP contribution >= 0.6 is 0 Å². The lowest BCUT2D eigenvalue weighted by Crippen LogP contribution is -2.59. The van der Waals surface area contributed by atoms with Gasteiger partial charge in [-0.05, 0) is 19.4 Å². The monoisotopic (exact) mass is 235 g/mol. The van der Waals surface area contributed by atoms with Crippen molar-refractivity contribution < 1.29 is 13.2 Å². The highest BCUT2D eigenvalue weighted by molar-refractivity contribution is 5.13. The summed E-state index contributed by atoms with van der Waals surface area (Å²) in [5, 5.41) is 14.6. The number of hydrogen-bond donors (Lipinski definition) is 2. The minimum Gasteiger partial charge on any atom is -0.316 e. The fraction of sp³-hybridized carbons (Fsp3) is 0.900. The molecule has 16 heavy (non-hydrogen) atoms. The van der Waals surface area contributed by atoms with Crippen LogP contribution in [-0.4, -0.2) is 31.3 Å². The highest BCUT2D eigenvalue weighted by atomic mass is 19.4. The molecule has 1 heterocycles. The molecular formula is C10H16F3N3. The SMILES string of the molecule is CCC1CNCCC1(C#N)NCC(F)(F)F. The standard InChI is InChI=1S/C10H16F3N3/c1-2-8-5-15-4-3-9(8,6-14)16-7-10(11,12)13/h8,15-16H,2-5,7H2,1H3. The second kappa shape index (κ2) is 5.02. The number of piperidine rings is 1. The quantitative estimate of drug-likeness (QED) is 0.777. The number of nitrogens with one attached hydrogen (secondary N) is 2. The Kier molecular flexibility index (Phi) is 4.16. The van der Waals surface area contributed by atoms with Gasteiger partial charge in [0, 0.05) is 12.5 Å². The van der Waals surface area contributed by atoms with Crippen LogP contribution in [0.4, 0.5) is 13.2 Å². The number of alkyl halides is 3. The maximum atomic E-state index is 12.2. The Bertz CT molecular complexity index is 271. The maximum Gasteiger partial charge on any atom is 0.401 e. The normalized spacial score (nSPS) is 31.1. The summed E-state index contributed by atoms with van der Waals surface area (Å²) >= 11 is 0. The van der Waals surface area contributed by atoms with E-state index in [9.17, 15) is 13.2 Å². The summed E-state index contributed by atoms with van der Waals surface area (Å²) in [5.41, 5.74) is -1.03. The van der Waals surface area contributed by atoms with Gasteiger partial charge in [0.2, 0.25) is 0 Å². The van der Waals surface area contributed by atoms with E-state index in [1.807, 2.05) is 13.0 Å². The Morgan fingerprint density at radius 2 is 2.25 bits per heavy atom. The van der Waals surface area contributed by atoms with E-state index in [-0.39, 0.29) is 5.92 Å². The van der Waals surface area contributed by atoms with Crippen LogP contribution in [0.5, 0.6) is 0 Å². The van der Waals surface area contributed by atoms with E-state index in [4.69, 9.17) is 5.26 Å². The zero-order chi connectivity index (χ0) is 12.2. The molecule has 0 aromatic heterocycles. The Labute approximate surface area is 93.0 Å². The summed E-state index contributed by atoms with van der Waals surface area (Å²) in [6.45, 7) is 1.96. The molecule has 3 nitrogen and oxygen atoms in total. The molecular weight excluding hydrogens is 219 g/mol. The molecule has 0 aromatic carbocycles. The van der Waals surface area contributed by atoms with Gasteiger partial charge >= 0.3 is 6.18 Å². The van der Waals surface area contributed by atoms with Crippen LogP contribution in [0.3, 0.4) is 0 Å². The first-order valence-corrected chi connectivity index (χ1v) is 5.37. The van der Waals surface area contributed by atoms with E-state index < -0.39 is 18.3 Å². The second-order valence-corrected chi connectivity index (χ2v) is 4.11. The Morgan fingerprint density at radius 3 is 2.75 bits per heavy atom. The molecule has 92 valence electrons. The minimum absolute atomic E-state index is 0.0754. The van der Waals surface area contributed by atoms with Crippen LogP contribution < -0.4 is 10.6 Å². The van der Waals surface area contributed by atoms with Gasteiger partial charge in [-0.2, -0.15) is 18.4 Å². The molecule has 0 radical (unpaired) electrons. The van der Waals surface area contributed by atoms with Crippen LogP contribution in [0, 0.1) is 17.2 Å². The third-order valence-corrected chi connectivity index (χ3v) is 3.08. The van der Waals surface area contributed by atoms with Crippen molar-refractivity contribution in [2.24, 2.45) is 5.92 Å². The molecule has 0 bridgehead atoms. The van der Waals surface area contributed by atoms with Gasteiger partial charge in [-0.1, -0.05) is 6.92 Å². The number of rotatable bonds is 3. The molecule has 2 N–H and O–H groups in total. The van der Waals surface area contributed by atoms with Crippen molar-refractivity contribution >= 4 is 0 Å². The van der Waals surface area contributed by atoms with Crippen LogP contribution in [-0.2, 0) is 0 Å². The van der Waals surface area contributed by atoms with Crippen molar-refractivity contribution in [2.45, 2.75) is 31.5 Å². The average molecular weight is 235 g/mol. The smallest absolute Gasteiger partial charge is 0.316 e. The van der Waals surface area contributed by atoms with Crippen molar-refractivity contribution in [1.29, 1.82) is 5.26 Å². The van der Waals surface area contributed by atoms with Gasteiger partial charge in [-0.25, -0.2) is 0 Å². The zero-order valence-corrected chi connectivity index (χ0v) is 9.19. The second-order valence-electron chi connectivity index (χ2n) is 4.11. The van der Waals surface area contributed by atoms with Gasteiger partial charge in [-0.3, -0.25) is 5.32 Å². The Hall–Kier alpha value is -0.800. The summed E-state index contributed by atoms with van der Waals surface area (Å²) in [4.78, 5) is 0. The van der Waals surface area contributed by atoms with Crippen LogP contribution in [0.25, 0.3) is 0 Å². The van der Waals surface area contributed by atoms with E-state index in [1.165, 1.54) is 0 Å². The number of nitriles is 1. The topological polar surface area (TPSA) is 47.9 Å². The van der Waals surface area contributed by atoms with Gasteiger partial charge in [0.05, 0.1) is 12.6 Å². The largest absolute Gasteiger partial charge is 0.401 e. The highest BCUT2D eigenvalue weighted by Crippen LogP contribution is 2.27. The number of nitrogens with zero attached hydrogens (tertiary/aromatic N) is 1. The molecule has 0 saturated carbocycles. The Balaban J connectivity index is 2.71. The summed E-state index contributed by atoms with van der Waals surface area (Å²) in [7, 11) is 0. The van der Waals surface area contributed by atoms with Gasteiger partial charge in [0.1, 0.15) is 5.54 Å². The molecule has 0 spiro atoms. The molecule has 2 atom stereocenters. The molecule has 1 aliphatic heterocycles. The van der Waals surface area contributed by atoms with Crippen LogP contribution in [0.1, 0.15) is 19.8 Å². The first kappa shape index (κ1) is 13.3. The minimum atomic E-state index is -4.27. The third-order valence-electron chi connectivity index (χ3n) is 3.08. The zero-order valence-electron chi connectivity index (χ0n) is 9.19. The fourth-order valence-corrected chi connectivity index (χ4v) is 2.11. The van der Waals surface area contributed by atoms with Crippen LogP contribution in [0.2, 0.25) is 0 Å². The van der Waals surface area contributed by atoms with Gasteiger partial charge < -0.3 is 5.32 Å².